The second kappa shape index (κ2) is 9.72. The van der Waals surface area contributed by atoms with Gasteiger partial charge in [-0.1, -0.05) is 66.2 Å². The summed E-state index contributed by atoms with van der Waals surface area (Å²) >= 11 is 6.03. The van der Waals surface area contributed by atoms with Crippen molar-refractivity contribution in [3.8, 4) is 0 Å². The summed E-state index contributed by atoms with van der Waals surface area (Å²) in [6.45, 7) is 0.232. The summed E-state index contributed by atoms with van der Waals surface area (Å²) in [4.78, 5) is 12.7. The molecule has 4 aromatic rings. The summed E-state index contributed by atoms with van der Waals surface area (Å²) in [5.74, 6) is -0.693. The van der Waals surface area contributed by atoms with Crippen molar-refractivity contribution < 1.29 is 17.6 Å². The molecule has 0 radical (unpaired) electrons. The third-order valence-corrected chi connectivity index (χ3v) is 8.42. The molecule has 7 heteroatoms. The van der Waals surface area contributed by atoms with Crippen molar-refractivity contribution in [2.75, 3.05) is 0 Å². The number of sulfone groups is 1. The highest BCUT2D eigenvalue weighted by Crippen LogP contribution is 2.44. The Morgan fingerprint density at radius 3 is 2.22 bits per heavy atom. The summed E-state index contributed by atoms with van der Waals surface area (Å²) in [6, 6.07) is 26.5. The average Bonchev–Trinajstić information content (AvgIpc) is 3.29. The molecule has 1 unspecified atom stereocenters. The molecule has 0 aromatic heterocycles. The van der Waals surface area contributed by atoms with Gasteiger partial charge in [0.25, 0.3) is 5.91 Å². The van der Waals surface area contributed by atoms with E-state index in [9.17, 15) is 17.6 Å². The number of benzene rings is 4. The molecular formula is C29H21ClFNO3S. The fourth-order valence-corrected chi connectivity index (χ4v) is 6.08. The van der Waals surface area contributed by atoms with E-state index in [0.717, 1.165) is 22.3 Å². The molecule has 0 spiro atoms. The maximum absolute atomic E-state index is 13.7. The minimum absolute atomic E-state index is 0.131. The van der Waals surface area contributed by atoms with Crippen LogP contribution in [0, 0.1) is 5.82 Å². The van der Waals surface area contributed by atoms with Crippen molar-refractivity contribution in [2.24, 2.45) is 0 Å². The molecule has 0 saturated heterocycles. The molecule has 0 bridgehead atoms. The first-order valence-electron chi connectivity index (χ1n) is 11.3. The Bertz CT molecular complexity index is 1560. The minimum Gasteiger partial charge on any atom is -0.348 e. The standard InChI is InChI=1S/C29H21ClFNO3S/c30-22-11-7-20(8-12-22)27-17-28(26-4-2-1-3-25(26)27)36(34,35)24-15-9-21(10-16-24)29(33)32-18-19-5-13-23(31)14-6-19/h1-17,28H,18H2,(H,32,33). The molecule has 1 N–H and O–H groups in total. The molecule has 1 amide bonds. The number of halogens is 2. The van der Waals surface area contributed by atoms with Gasteiger partial charge in [0, 0.05) is 17.1 Å². The first-order valence-corrected chi connectivity index (χ1v) is 13.2. The molecule has 4 nitrogen and oxygen atoms in total. The Labute approximate surface area is 214 Å². The van der Waals surface area contributed by atoms with Gasteiger partial charge < -0.3 is 5.32 Å². The van der Waals surface area contributed by atoms with Crippen LogP contribution < -0.4 is 5.32 Å². The van der Waals surface area contributed by atoms with E-state index < -0.39 is 15.1 Å². The minimum atomic E-state index is -3.77. The van der Waals surface area contributed by atoms with Crippen molar-refractivity contribution in [1.29, 1.82) is 0 Å². The normalized spacial score (nSPS) is 14.7. The number of amides is 1. The van der Waals surface area contributed by atoms with E-state index in [0.29, 0.717) is 16.1 Å². The largest absolute Gasteiger partial charge is 0.348 e. The second-order valence-electron chi connectivity index (χ2n) is 8.47. The lowest BCUT2D eigenvalue weighted by Crippen LogP contribution is -2.22. The van der Waals surface area contributed by atoms with E-state index in [1.165, 1.54) is 36.4 Å². The molecule has 36 heavy (non-hydrogen) atoms. The summed E-state index contributed by atoms with van der Waals surface area (Å²) in [5.41, 5.74) is 4.39. The van der Waals surface area contributed by atoms with Gasteiger partial charge in [0.05, 0.1) is 4.90 Å². The lowest BCUT2D eigenvalue weighted by atomic mass is 9.99. The van der Waals surface area contributed by atoms with E-state index in [1.807, 2.05) is 36.4 Å². The van der Waals surface area contributed by atoms with E-state index >= 15 is 0 Å². The lowest BCUT2D eigenvalue weighted by molar-refractivity contribution is 0.0951. The third kappa shape index (κ3) is 4.70. The Balaban J connectivity index is 1.39. The van der Waals surface area contributed by atoms with Crippen LogP contribution in [0.4, 0.5) is 4.39 Å². The van der Waals surface area contributed by atoms with Gasteiger partial charge in [-0.15, -0.1) is 0 Å². The number of carbonyl (C=O) groups is 1. The van der Waals surface area contributed by atoms with Crippen LogP contribution in [0.2, 0.25) is 5.02 Å². The van der Waals surface area contributed by atoms with Crippen LogP contribution in [0.5, 0.6) is 0 Å². The van der Waals surface area contributed by atoms with Gasteiger partial charge in [0.2, 0.25) is 0 Å². The van der Waals surface area contributed by atoms with Crippen molar-refractivity contribution in [2.45, 2.75) is 16.7 Å². The molecule has 0 heterocycles. The third-order valence-electron chi connectivity index (χ3n) is 6.18. The van der Waals surface area contributed by atoms with Crippen LogP contribution in [-0.2, 0) is 16.4 Å². The van der Waals surface area contributed by atoms with Crippen LogP contribution in [0.15, 0.2) is 108 Å². The van der Waals surface area contributed by atoms with Gasteiger partial charge >= 0.3 is 0 Å². The summed E-state index contributed by atoms with van der Waals surface area (Å²) < 4.78 is 40.4. The predicted molar refractivity (Wildman–Crippen MR) is 139 cm³/mol. The van der Waals surface area contributed by atoms with E-state index in [4.69, 9.17) is 11.6 Å². The Morgan fingerprint density at radius 1 is 0.861 bits per heavy atom. The number of carbonyl (C=O) groups excluding carboxylic acids is 1. The molecule has 1 atom stereocenters. The van der Waals surface area contributed by atoms with Crippen LogP contribution in [-0.4, -0.2) is 14.3 Å². The highest BCUT2D eigenvalue weighted by molar-refractivity contribution is 7.91. The predicted octanol–water partition coefficient (Wildman–Crippen LogP) is 6.37. The zero-order chi connectivity index (χ0) is 25.3. The fourth-order valence-electron chi connectivity index (χ4n) is 4.29. The zero-order valence-electron chi connectivity index (χ0n) is 19.0. The van der Waals surface area contributed by atoms with Crippen molar-refractivity contribution in [1.82, 2.24) is 5.32 Å². The van der Waals surface area contributed by atoms with E-state index in [1.54, 1.807) is 30.3 Å². The number of fused-ring (bicyclic) bond motifs is 1. The number of hydrogen-bond acceptors (Lipinski definition) is 3. The summed E-state index contributed by atoms with van der Waals surface area (Å²) in [7, 11) is -3.77. The van der Waals surface area contributed by atoms with Gasteiger partial charge in [0.15, 0.2) is 9.84 Å². The number of hydrogen-bond donors (Lipinski definition) is 1. The molecule has 4 aromatic carbocycles. The number of rotatable bonds is 6. The first kappa shape index (κ1) is 24.0. The van der Waals surface area contributed by atoms with Gasteiger partial charge in [-0.2, -0.15) is 0 Å². The van der Waals surface area contributed by atoms with Crippen molar-refractivity contribution in [3.05, 3.63) is 142 Å². The smallest absolute Gasteiger partial charge is 0.251 e. The quantitative estimate of drug-likeness (QED) is 0.323. The molecule has 0 fully saturated rings. The Kier molecular flexibility index (Phi) is 6.48. The van der Waals surface area contributed by atoms with E-state index in [2.05, 4.69) is 5.32 Å². The van der Waals surface area contributed by atoms with Crippen molar-refractivity contribution >= 4 is 32.9 Å². The molecule has 0 aliphatic heterocycles. The topological polar surface area (TPSA) is 63.2 Å². The monoisotopic (exact) mass is 517 g/mol. The Hall–Kier alpha value is -3.74. The number of nitrogens with one attached hydrogen (secondary N) is 1. The second-order valence-corrected chi connectivity index (χ2v) is 11.0. The molecule has 0 saturated carbocycles. The van der Waals surface area contributed by atoms with Crippen LogP contribution in [0.25, 0.3) is 5.57 Å². The molecule has 5 rings (SSSR count). The highest BCUT2D eigenvalue weighted by Gasteiger charge is 2.34. The maximum atomic E-state index is 13.7. The highest BCUT2D eigenvalue weighted by atomic mass is 35.5. The maximum Gasteiger partial charge on any atom is 0.251 e. The SMILES string of the molecule is O=C(NCc1ccc(F)cc1)c1ccc(S(=O)(=O)C2C=C(c3ccc(Cl)cc3)c3ccccc32)cc1. The molecule has 180 valence electrons. The molecule has 1 aliphatic carbocycles. The van der Waals surface area contributed by atoms with Crippen LogP contribution >= 0.6 is 11.6 Å². The van der Waals surface area contributed by atoms with E-state index in [-0.39, 0.29) is 23.2 Å². The fraction of sp³-hybridized carbons (Fsp3) is 0.0690. The summed E-state index contributed by atoms with van der Waals surface area (Å²) in [5, 5.41) is 2.52. The van der Waals surface area contributed by atoms with Crippen LogP contribution in [0.1, 0.15) is 37.9 Å². The zero-order valence-corrected chi connectivity index (χ0v) is 20.6. The lowest BCUT2D eigenvalue weighted by Gasteiger charge is -2.13. The van der Waals surface area contributed by atoms with Crippen LogP contribution in [0.3, 0.4) is 0 Å². The summed E-state index contributed by atoms with van der Waals surface area (Å²) in [6.07, 6.45) is 1.77. The van der Waals surface area contributed by atoms with Crippen molar-refractivity contribution in [3.63, 3.8) is 0 Å². The Morgan fingerprint density at radius 2 is 1.53 bits per heavy atom. The van der Waals surface area contributed by atoms with Gasteiger partial charge in [0.1, 0.15) is 11.1 Å². The first-order chi connectivity index (χ1) is 17.3. The molecular weight excluding hydrogens is 497 g/mol. The van der Waals surface area contributed by atoms with Gasteiger partial charge in [-0.25, -0.2) is 12.8 Å². The average molecular weight is 518 g/mol. The van der Waals surface area contributed by atoms with Gasteiger partial charge in [-0.3, -0.25) is 4.79 Å². The van der Waals surface area contributed by atoms with Gasteiger partial charge in [-0.05, 0) is 76.4 Å². The molecule has 1 aliphatic rings.